The molecule has 0 unspecified atom stereocenters. The highest BCUT2D eigenvalue weighted by Crippen LogP contribution is 2.29. The van der Waals surface area contributed by atoms with E-state index in [2.05, 4.69) is 25.5 Å². The molecular formula is C26H29N7O4S. The van der Waals surface area contributed by atoms with E-state index in [1.165, 1.54) is 15.9 Å². The lowest BCUT2D eigenvalue weighted by molar-refractivity contribution is 0.0684. The molecule has 2 N–H and O–H groups in total. The van der Waals surface area contributed by atoms with Gasteiger partial charge in [-0.05, 0) is 31.0 Å². The Morgan fingerprint density at radius 1 is 1.29 bits per heavy atom. The fraction of sp³-hybridized carbons (Fsp3) is 0.385. The number of thiazole rings is 1. The number of carbonyl (C=O) groups is 1. The van der Waals surface area contributed by atoms with Crippen LogP contribution in [0.2, 0.25) is 0 Å². The van der Waals surface area contributed by atoms with E-state index >= 15 is 0 Å². The first kappa shape index (κ1) is 24.6. The Balaban J connectivity index is 1.26. The van der Waals surface area contributed by atoms with Crippen molar-refractivity contribution in [3.05, 3.63) is 58.2 Å². The number of ether oxygens (including phenoxy) is 2. The van der Waals surface area contributed by atoms with Gasteiger partial charge in [0.05, 0.1) is 29.2 Å². The molecule has 2 aliphatic rings. The summed E-state index contributed by atoms with van der Waals surface area (Å²) in [5.74, 6) is 0.258. The summed E-state index contributed by atoms with van der Waals surface area (Å²) >= 11 is 1.24. The van der Waals surface area contributed by atoms with Crippen molar-refractivity contribution in [1.82, 2.24) is 24.4 Å². The number of carbonyl (C=O) groups excluding carboxylic acids is 1. The Morgan fingerprint density at radius 3 is 2.97 bits per heavy atom. The third-order valence-corrected chi connectivity index (χ3v) is 7.73. The van der Waals surface area contributed by atoms with Crippen LogP contribution < -0.4 is 26.0 Å². The van der Waals surface area contributed by atoms with Crippen LogP contribution in [0.4, 0.5) is 11.4 Å². The molecule has 2 aliphatic heterocycles. The van der Waals surface area contributed by atoms with Gasteiger partial charge in [-0.15, -0.1) is 11.3 Å². The molecule has 0 bridgehead atoms. The molecule has 3 aromatic heterocycles. The van der Waals surface area contributed by atoms with E-state index in [4.69, 9.17) is 9.47 Å². The normalized spacial score (nSPS) is 17.7. The van der Waals surface area contributed by atoms with E-state index in [0.29, 0.717) is 34.2 Å². The van der Waals surface area contributed by atoms with Gasteiger partial charge in [0, 0.05) is 51.4 Å². The maximum atomic E-state index is 13.3. The summed E-state index contributed by atoms with van der Waals surface area (Å²) in [6.45, 7) is 4.64. The number of nitrogens with one attached hydrogen (secondary N) is 2. The van der Waals surface area contributed by atoms with Crippen LogP contribution in [-0.2, 0) is 11.8 Å². The SMILES string of the molecule is Cn1c(=O)n(-c2nc(C(=O)Nc3cnccc3N3CCNCC3)cs2)c2cccc(OC[C@@H]3CCCO3)c21. The van der Waals surface area contributed by atoms with Gasteiger partial charge in [-0.1, -0.05) is 6.07 Å². The predicted octanol–water partition coefficient (Wildman–Crippen LogP) is 2.40. The smallest absolute Gasteiger partial charge is 0.335 e. The minimum atomic E-state index is -0.356. The number of fused-ring (bicyclic) bond motifs is 1. The summed E-state index contributed by atoms with van der Waals surface area (Å²) in [5, 5.41) is 8.36. The highest BCUT2D eigenvalue weighted by molar-refractivity contribution is 7.12. The second-order valence-corrected chi connectivity index (χ2v) is 10.2. The fourth-order valence-corrected chi connectivity index (χ4v) is 5.77. The van der Waals surface area contributed by atoms with Crippen molar-refractivity contribution in [2.75, 3.05) is 49.6 Å². The van der Waals surface area contributed by atoms with Gasteiger partial charge in [0.1, 0.15) is 23.6 Å². The second-order valence-electron chi connectivity index (χ2n) is 9.35. The third-order valence-electron chi connectivity index (χ3n) is 6.90. The molecular weight excluding hydrogens is 506 g/mol. The first-order valence-electron chi connectivity index (χ1n) is 12.7. The molecule has 0 aliphatic carbocycles. The standard InChI is InChI=1S/C26H29N7O4S/c1-31-23-21(5-2-6-22(23)37-15-17-4-3-13-36-17)33(26(31)35)25-30-19(16-38-25)24(34)29-18-14-28-8-7-20(18)32-11-9-27-10-12-32/h2,5-8,14,16-17,27H,3-4,9-13,15H2,1H3,(H,29,34)/t17-/m0/s1. The molecule has 198 valence electrons. The van der Waals surface area contributed by atoms with Crippen molar-refractivity contribution in [2.45, 2.75) is 18.9 Å². The first-order chi connectivity index (χ1) is 18.6. The molecule has 2 saturated heterocycles. The number of rotatable bonds is 7. The zero-order valence-corrected chi connectivity index (χ0v) is 21.9. The number of aromatic nitrogens is 4. The number of anilines is 2. The van der Waals surface area contributed by atoms with Gasteiger partial charge in [-0.3, -0.25) is 14.3 Å². The van der Waals surface area contributed by atoms with Crippen molar-refractivity contribution >= 4 is 39.7 Å². The van der Waals surface area contributed by atoms with Crippen LogP contribution in [0.5, 0.6) is 5.75 Å². The number of piperazine rings is 1. The van der Waals surface area contributed by atoms with Crippen LogP contribution in [-0.4, -0.2) is 70.5 Å². The second kappa shape index (κ2) is 10.6. The van der Waals surface area contributed by atoms with Gasteiger partial charge in [0.25, 0.3) is 5.91 Å². The zero-order chi connectivity index (χ0) is 26.1. The van der Waals surface area contributed by atoms with Crippen molar-refractivity contribution in [2.24, 2.45) is 7.05 Å². The van der Waals surface area contributed by atoms with Gasteiger partial charge in [-0.2, -0.15) is 0 Å². The molecule has 4 aromatic rings. The quantitative estimate of drug-likeness (QED) is 0.371. The maximum absolute atomic E-state index is 13.3. The van der Waals surface area contributed by atoms with Gasteiger partial charge in [-0.25, -0.2) is 14.3 Å². The summed E-state index contributed by atoms with van der Waals surface area (Å²) in [6, 6.07) is 7.46. The predicted molar refractivity (Wildman–Crippen MR) is 146 cm³/mol. The van der Waals surface area contributed by atoms with E-state index in [9.17, 15) is 9.59 Å². The number of benzene rings is 1. The number of amides is 1. The number of para-hydroxylation sites is 1. The first-order valence-corrected chi connectivity index (χ1v) is 13.6. The summed E-state index contributed by atoms with van der Waals surface area (Å²) < 4.78 is 14.8. The van der Waals surface area contributed by atoms with Crippen molar-refractivity contribution in [3.63, 3.8) is 0 Å². The molecule has 12 heteroatoms. The molecule has 1 aromatic carbocycles. The largest absolute Gasteiger partial charge is 0.489 e. The van der Waals surface area contributed by atoms with Crippen molar-refractivity contribution < 1.29 is 14.3 Å². The average Bonchev–Trinajstić information content (AvgIpc) is 3.70. The third kappa shape index (κ3) is 4.66. The molecule has 11 nitrogen and oxygen atoms in total. The molecule has 0 saturated carbocycles. The highest BCUT2D eigenvalue weighted by Gasteiger charge is 2.22. The minimum Gasteiger partial charge on any atom is -0.489 e. The Morgan fingerprint density at radius 2 is 2.16 bits per heavy atom. The molecule has 2 fully saturated rings. The summed E-state index contributed by atoms with van der Waals surface area (Å²) in [6.07, 6.45) is 5.44. The van der Waals surface area contributed by atoms with Gasteiger partial charge in [0.15, 0.2) is 5.13 Å². The fourth-order valence-electron chi connectivity index (χ4n) is 4.96. The number of hydrogen-bond donors (Lipinski definition) is 2. The van der Waals surface area contributed by atoms with E-state index in [-0.39, 0.29) is 23.4 Å². The lowest BCUT2D eigenvalue weighted by Crippen LogP contribution is -2.43. The monoisotopic (exact) mass is 535 g/mol. The van der Waals surface area contributed by atoms with Crippen molar-refractivity contribution in [3.8, 4) is 10.9 Å². The Hall–Kier alpha value is -3.74. The van der Waals surface area contributed by atoms with Gasteiger partial charge < -0.3 is 25.0 Å². The Kier molecular flexibility index (Phi) is 6.83. The number of pyridine rings is 1. The van der Waals surface area contributed by atoms with Crippen LogP contribution in [0.1, 0.15) is 23.3 Å². The molecule has 0 radical (unpaired) electrons. The van der Waals surface area contributed by atoms with Crippen LogP contribution in [0.25, 0.3) is 16.2 Å². The van der Waals surface area contributed by atoms with Crippen LogP contribution in [0, 0.1) is 0 Å². The summed E-state index contributed by atoms with van der Waals surface area (Å²) in [5.41, 5.74) is 2.86. The maximum Gasteiger partial charge on any atom is 0.335 e. The topological polar surface area (TPSA) is 116 Å². The van der Waals surface area contributed by atoms with E-state index < -0.39 is 0 Å². The molecule has 1 amide bonds. The average molecular weight is 536 g/mol. The molecule has 38 heavy (non-hydrogen) atoms. The lowest BCUT2D eigenvalue weighted by Gasteiger charge is -2.30. The van der Waals surface area contributed by atoms with Gasteiger partial charge >= 0.3 is 5.69 Å². The molecule has 1 atom stereocenters. The van der Waals surface area contributed by atoms with E-state index in [1.807, 2.05) is 24.3 Å². The molecule has 0 spiro atoms. The Labute approximate surface area is 223 Å². The zero-order valence-electron chi connectivity index (χ0n) is 21.1. The Bertz CT molecular complexity index is 1520. The summed E-state index contributed by atoms with van der Waals surface area (Å²) in [4.78, 5) is 37.4. The van der Waals surface area contributed by atoms with Crippen LogP contribution in [0.3, 0.4) is 0 Å². The molecule has 6 rings (SSSR count). The van der Waals surface area contributed by atoms with E-state index in [1.54, 1.807) is 29.4 Å². The highest BCUT2D eigenvalue weighted by atomic mass is 32.1. The number of imidazole rings is 1. The van der Waals surface area contributed by atoms with Gasteiger partial charge in [0.2, 0.25) is 0 Å². The number of nitrogens with zero attached hydrogens (tertiary/aromatic N) is 5. The lowest BCUT2D eigenvalue weighted by atomic mass is 10.2. The summed E-state index contributed by atoms with van der Waals surface area (Å²) in [7, 11) is 1.71. The molecule has 5 heterocycles. The van der Waals surface area contributed by atoms with Crippen molar-refractivity contribution in [1.29, 1.82) is 0 Å². The minimum absolute atomic E-state index is 0.0660. The van der Waals surface area contributed by atoms with Crippen LogP contribution in [0.15, 0.2) is 46.8 Å². The number of hydrogen-bond acceptors (Lipinski definition) is 9. The van der Waals surface area contributed by atoms with E-state index in [0.717, 1.165) is 51.3 Å². The number of aryl methyl sites for hydroxylation is 1. The van der Waals surface area contributed by atoms with Crippen LogP contribution >= 0.6 is 11.3 Å².